The van der Waals surface area contributed by atoms with E-state index in [1.807, 2.05) is 24.3 Å². The quantitative estimate of drug-likeness (QED) is 0.302. The number of rotatable bonds is 7. The molecule has 1 aliphatic heterocycles. The lowest BCUT2D eigenvalue weighted by Gasteiger charge is -2.42. The first-order chi connectivity index (χ1) is 15.4. The number of amides is 1. The summed E-state index contributed by atoms with van der Waals surface area (Å²) in [6.45, 7) is 7.14. The average molecular weight is 435 g/mol. The van der Waals surface area contributed by atoms with Gasteiger partial charge in [-0.1, -0.05) is 30.3 Å². The minimum Gasteiger partial charge on any atom is -0.298 e. The molecule has 168 valence electrons. The molecule has 1 aromatic carbocycles. The number of hydrogen-bond donors (Lipinski definition) is 2. The highest BCUT2D eigenvalue weighted by Crippen LogP contribution is 2.19. The van der Waals surface area contributed by atoms with Crippen molar-refractivity contribution in [3.63, 3.8) is 0 Å². The standard InChI is InChI=1S/C25H30N4O3/c1-18-15-29(16-19(2)28(18)3)17-20-7-4-5-10-23(20)24(30)13-11-21-8-6-9-22(26-21)12-14-25(31)27-32/h4-14,18-19,32H,15-17H2,1-3H3,(H,27,31)/t18-,19+. The zero-order valence-corrected chi connectivity index (χ0v) is 18.7. The monoisotopic (exact) mass is 434 g/mol. The van der Waals surface area contributed by atoms with Crippen LogP contribution in [-0.4, -0.2) is 63.9 Å². The molecule has 0 unspecified atom stereocenters. The third-order valence-electron chi connectivity index (χ3n) is 5.83. The molecule has 0 spiro atoms. The summed E-state index contributed by atoms with van der Waals surface area (Å²) in [5, 5.41) is 8.56. The molecule has 2 atom stereocenters. The molecule has 2 aromatic rings. The summed E-state index contributed by atoms with van der Waals surface area (Å²) in [5.74, 6) is -0.707. The van der Waals surface area contributed by atoms with E-state index in [0.717, 1.165) is 25.2 Å². The van der Waals surface area contributed by atoms with Crippen LogP contribution in [0, 0.1) is 0 Å². The summed E-state index contributed by atoms with van der Waals surface area (Å²) in [6, 6.07) is 14.0. The number of hydroxylamine groups is 1. The molecule has 1 amide bonds. The van der Waals surface area contributed by atoms with Crippen molar-refractivity contribution >= 4 is 23.8 Å². The van der Waals surface area contributed by atoms with Crippen molar-refractivity contribution in [3.05, 3.63) is 77.1 Å². The topological polar surface area (TPSA) is 85.8 Å². The zero-order valence-electron chi connectivity index (χ0n) is 18.7. The lowest BCUT2D eigenvalue weighted by Crippen LogP contribution is -2.54. The molecule has 1 fully saturated rings. The second-order valence-corrected chi connectivity index (χ2v) is 8.21. The Balaban J connectivity index is 1.72. The van der Waals surface area contributed by atoms with Crippen molar-refractivity contribution in [2.75, 3.05) is 20.1 Å². The van der Waals surface area contributed by atoms with Gasteiger partial charge in [-0.05, 0) is 56.8 Å². The molecule has 1 saturated heterocycles. The maximum atomic E-state index is 13.0. The molecule has 7 heteroatoms. The van der Waals surface area contributed by atoms with Crippen LogP contribution in [0.1, 0.15) is 41.2 Å². The van der Waals surface area contributed by atoms with Gasteiger partial charge in [0, 0.05) is 43.4 Å². The number of nitrogens with one attached hydrogen (secondary N) is 1. The summed E-state index contributed by atoms with van der Waals surface area (Å²) in [5.41, 5.74) is 4.39. The smallest absolute Gasteiger partial charge is 0.267 e. The number of hydrogen-bond acceptors (Lipinski definition) is 6. The average Bonchev–Trinajstić information content (AvgIpc) is 2.80. The van der Waals surface area contributed by atoms with Crippen LogP contribution in [0.3, 0.4) is 0 Å². The number of nitrogens with zero attached hydrogens (tertiary/aromatic N) is 3. The van der Waals surface area contributed by atoms with Gasteiger partial charge in [0.05, 0.1) is 11.4 Å². The van der Waals surface area contributed by atoms with E-state index >= 15 is 0 Å². The van der Waals surface area contributed by atoms with Gasteiger partial charge in [0.1, 0.15) is 0 Å². The Morgan fingerprint density at radius 3 is 2.31 bits per heavy atom. The maximum absolute atomic E-state index is 13.0. The Labute approximate surface area is 189 Å². The van der Waals surface area contributed by atoms with E-state index in [1.54, 1.807) is 24.3 Å². The largest absolute Gasteiger partial charge is 0.298 e. The molecule has 2 N–H and O–H groups in total. The molecule has 32 heavy (non-hydrogen) atoms. The fraction of sp³-hybridized carbons (Fsp3) is 0.320. The molecule has 0 bridgehead atoms. The molecule has 2 heterocycles. The van der Waals surface area contributed by atoms with Gasteiger partial charge in [0.25, 0.3) is 5.91 Å². The van der Waals surface area contributed by atoms with Crippen LogP contribution in [0.25, 0.3) is 12.2 Å². The summed E-state index contributed by atoms with van der Waals surface area (Å²) >= 11 is 0. The number of carbonyl (C=O) groups is 2. The minimum absolute atomic E-state index is 0.0711. The van der Waals surface area contributed by atoms with E-state index in [1.165, 1.54) is 23.7 Å². The molecule has 0 aliphatic carbocycles. The van der Waals surface area contributed by atoms with E-state index in [0.29, 0.717) is 29.0 Å². The van der Waals surface area contributed by atoms with Gasteiger partial charge in [-0.25, -0.2) is 10.5 Å². The van der Waals surface area contributed by atoms with Crippen LogP contribution in [0.2, 0.25) is 0 Å². The van der Waals surface area contributed by atoms with Gasteiger partial charge < -0.3 is 0 Å². The number of pyridine rings is 1. The molecule has 7 nitrogen and oxygen atoms in total. The fourth-order valence-electron chi connectivity index (χ4n) is 3.89. The molecule has 3 rings (SSSR count). The Kier molecular flexibility index (Phi) is 8.05. The fourth-order valence-corrected chi connectivity index (χ4v) is 3.89. The van der Waals surface area contributed by atoms with Crippen molar-refractivity contribution in [3.8, 4) is 0 Å². The van der Waals surface area contributed by atoms with E-state index < -0.39 is 5.91 Å². The number of carbonyl (C=O) groups excluding carboxylic acids is 2. The van der Waals surface area contributed by atoms with Crippen molar-refractivity contribution < 1.29 is 14.8 Å². The summed E-state index contributed by atoms with van der Waals surface area (Å²) in [4.78, 5) is 33.3. The third kappa shape index (κ3) is 6.20. The van der Waals surface area contributed by atoms with E-state index in [4.69, 9.17) is 5.21 Å². The van der Waals surface area contributed by atoms with Crippen LogP contribution in [0.15, 0.2) is 54.6 Å². The Hall–Kier alpha value is -3.13. The molecule has 0 radical (unpaired) electrons. The predicted octanol–water partition coefficient (Wildman–Crippen LogP) is 3.02. The van der Waals surface area contributed by atoms with Crippen LogP contribution >= 0.6 is 0 Å². The highest BCUT2D eigenvalue weighted by Gasteiger charge is 2.26. The van der Waals surface area contributed by atoms with Crippen LogP contribution in [0.5, 0.6) is 0 Å². The van der Waals surface area contributed by atoms with Crippen molar-refractivity contribution in [1.29, 1.82) is 0 Å². The SMILES string of the molecule is C[C@@H]1CN(Cc2ccccc2C(=O)C=Cc2cccc(C=CC(=O)NO)n2)C[C@H](C)N1C. The molecule has 1 aliphatic rings. The van der Waals surface area contributed by atoms with E-state index in [2.05, 4.69) is 35.7 Å². The molecular weight excluding hydrogens is 404 g/mol. The molecule has 0 saturated carbocycles. The summed E-state index contributed by atoms with van der Waals surface area (Å²) in [6.07, 6.45) is 5.86. The van der Waals surface area contributed by atoms with Crippen molar-refractivity contribution in [1.82, 2.24) is 20.3 Å². The Morgan fingerprint density at radius 1 is 1.03 bits per heavy atom. The predicted molar refractivity (Wildman–Crippen MR) is 125 cm³/mol. The van der Waals surface area contributed by atoms with Crippen molar-refractivity contribution in [2.24, 2.45) is 0 Å². The molecule has 1 aromatic heterocycles. The van der Waals surface area contributed by atoms with Crippen LogP contribution in [-0.2, 0) is 11.3 Å². The van der Waals surface area contributed by atoms with Gasteiger partial charge in [0.15, 0.2) is 5.78 Å². The van der Waals surface area contributed by atoms with Gasteiger partial charge in [-0.3, -0.25) is 24.6 Å². The molecular formula is C25H30N4O3. The lowest BCUT2D eigenvalue weighted by molar-refractivity contribution is -0.124. The normalized spacial score (nSPS) is 20.1. The maximum Gasteiger partial charge on any atom is 0.267 e. The van der Waals surface area contributed by atoms with Gasteiger partial charge >= 0.3 is 0 Å². The first-order valence-electron chi connectivity index (χ1n) is 10.7. The number of piperazine rings is 1. The van der Waals surface area contributed by atoms with Crippen molar-refractivity contribution in [2.45, 2.75) is 32.5 Å². The second-order valence-electron chi connectivity index (χ2n) is 8.21. The lowest BCUT2D eigenvalue weighted by atomic mass is 10.0. The van der Waals surface area contributed by atoms with Crippen LogP contribution in [0.4, 0.5) is 0 Å². The first-order valence-corrected chi connectivity index (χ1v) is 10.7. The highest BCUT2D eigenvalue weighted by atomic mass is 16.5. The van der Waals surface area contributed by atoms with E-state index in [-0.39, 0.29) is 5.78 Å². The van der Waals surface area contributed by atoms with Gasteiger partial charge in [-0.2, -0.15) is 0 Å². The number of benzene rings is 1. The van der Waals surface area contributed by atoms with Gasteiger partial charge in [-0.15, -0.1) is 0 Å². The van der Waals surface area contributed by atoms with Crippen LogP contribution < -0.4 is 5.48 Å². The second kappa shape index (κ2) is 10.9. The Morgan fingerprint density at radius 2 is 1.66 bits per heavy atom. The van der Waals surface area contributed by atoms with Gasteiger partial charge in [0.2, 0.25) is 0 Å². The first kappa shape index (κ1) is 23.5. The number of likely N-dealkylation sites (N-methyl/N-ethyl adjacent to an activating group) is 1. The number of aromatic nitrogens is 1. The minimum atomic E-state index is -0.635. The number of allylic oxidation sites excluding steroid dienone is 1. The van der Waals surface area contributed by atoms with E-state index in [9.17, 15) is 9.59 Å². The number of ketones is 1. The summed E-state index contributed by atoms with van der Waals surface area (Å²) in [7, 11) is 2.16. The zero-order chi connectivity index (χ0) is 23.1. The Bertz CT molecular complexity index is 1010. The third-order valence-corrected chi connectivity index (χ3v) is 5.83. The highest BCUT2D eigenvalue weighted by molar-refractivity contribution is 6.07. The summed E-state index contributed by atoms with van der Waals surface area (Å²) < 4.78 is 0.